The number of carbonyl (C=O) groups is 1. The number of hydrogen-bond donors (Lipinski definition) is 1. The highest BCUT2D eigenvalue weighted by Gasteiger charge is 2.11. The van der Waals surface area contributed by atoms with Crippen LogP contribution >= 0.6 is 0 Å². The molecule has 0 aliphatic heterocycles. The summed E-state index contributed by atoms with van der Waals surface area (Å²) < 4.78 is 1.45. The quantitative estimate of drug-likeness (QED) is 0.771. The lowest BCUT2D eigenvalue weighted by molar-refractivity contribution is 0.0998. The third kappa shape index (κ3) is 1.39. The van der Waals surface area contributed by atoms with Gasteiger partial charge in [0.15, 0.2) is 0 Å². The smallest absolute Gasteiger partial charge is 0.263 e. The molecule has 0 aliphatic rings. The lowest BCUT2D eigenvalue weighted by Crippen LogP contribution is -2.28. The number of nitrogens with two attached hydrogens (primary N) is 1. The van der Waals surface area contributed by atoms with Crippen LogP contribution in [0.3, 0.4) is 0 Å². The Hall–Kier alpha value is -2.10. The van der Waals surface area contributed by atoms with Crippen molar-refractivity contribution >= 4 is 16.8 Å². The first-order valence-corrected chi connectivity index (χ1v) is 4.91. The minimum absolute atomic E-state index is 0.0318. The number of aryl methyl sites for hydroxylation is 2. The number of hydrogen-bond acceptors (Lipinski definition) is 2. The highest BCUT2D eigenvalue weighted by Crippen LogP contribution is 2.16. The van der Waals surface area contributed by atoms with Crippen molar-refractivity contribution in [1.82, 2.24) is 4.57 Å². The Labute approximate surface area is 92.3 Å². The average Bonchev–Trinajstić information content (AvgIpc) is 2.23. The van der Waals surface area contributed by atoms with Gasteiger partial charge in [0.1, 0.15) is 5.56 Å². The van der Waals surface area contributed by atoms with Crippen LogP contribution in [-0.4, -0.2) is 10.5 Å². The Morgan fingerprint density at radius 3 is 2.69 bits per heavy atom. The van der Waals surface area contributed by atoms with Crippen molar-refractivity contribution in [3.05, 3.63) is 45.7 Å². The van der Waals surface area contributed by atoms with Gasteiger partial charge in [0, 0.05) is 12.4 Å². The summed E-state index contributed by atoms with van der Waals surface area (Å²) in [4.78, 5) is 22.9. The van der Waals surface area contributed by atoms with Crippen LogP contribution in [0.5, 0.6) is 0 Å². The van der Waals surface area contributed by atoms with Crippen LogP contribution in [0.2, 0.25) is 0 Å². The fourth-order valence-electron chi connectivity index (χ4n) is 1.82. The van der Waals surface area contributed by atoms with E-state index in [4.69, 9.17) is 5.73 Å². The highest BCUT2D eigenvalue weighted by atomic mass is 16.2. The van der Waals surface area contributed by atoms with Gasteiger partial charge in [-0.15, -0.1) is 0 Å². The predicted molar refractivity (Wildman–Crippen MR) is 62.4 cm³/mol. The molecule has 4 heteroatoms. The van der Waals surface area contributed by atoms with Crippen molar-refractivity contribution in [3.8, 4) is 0 Å². The standard InChI is InChI=1S/C12H12N2O2/c1-7-4-3-5-10-8(7)6-9(11(13)15)12(16)14(10)2/h3-6H,1-2H3,(H2,13,15). The molecule has 2 aromatic rings. The molecule has 1 aromatic carbocycles. The van der Waals surface area contributed by atoms with E-state index < -0.39 is 5.91 Å². The van der Waals surface area contributed by atoms with Crippen LogP contribution in [0, 0.1) is 6.92 Å². The first-order valence-electron chi connectivity index (χ1n) is 4.91. The molecule has 0 fully saturated rings. The topological polar surface area (TPSA) is 65.1 Å². The first kappa shape index (κ1) is 10.4. The lowest BCUT2D eigenvalue weighted by atomic mass is 10.1. The second-order valence-electron chi connectivity index (χ2n) is 3.79. The number of carbonyl (C=O) groups excluding carboxylic acids is 1. The molecule has 1 amide bonds. The normalized spacial score (nSPS) is 10.6. The van der Waals surface area contributed by atoms with E-state index in [1.54, 1.807) is 13.1 Å². The Kier molecular flexibility index (Phi) is 2.27. The third-order valence-electron chi connectivity index (χ3n) is 2.75. The van der Waals surface area contributed by atoms with Crippen molar-refractivity contribution in [2.75, 3.05) is 0 Å². The predicted octanol–water partition coefficient (Wildman–Crippen LogP) is 0.946. The summed E-state index contributed by atoms with van der Waals surface area (Å²) in [5.41, 5.74) is 6.66. The number of fused-ring (bicyclic) bond motifs is 1. The minimum atomic E-state index is -0.689. The van der Waals surface area contributed by atoms with E-state index in [0.29, 0.717) is 0 Å². The number of rotatable bonds is 1. The highest BCUT2D eigenvalue weighted by molar-refractivity contribution is 5.96. The maximum Gasteiger partial charge on any atom is 0.263 e. The molecule has 4 nitrogen and oxygen atoms in total. The fourth-order valence-corrected chi connectivity index (χ4v) is 1.82. The van der Waals surface area contributed by atoms with Gasteiger partial charge in [-0.2, -0.15) is 0 Å². The van der Waals surface area contributed by atoms with E-state index in [0.717, 1.165) is 16.5 Å². The van der Waals surface area contributed by atoms with Gasteiger partial charge in [-0.3, -0.25) is 9.59 Å². The minimum Gasteiger partial charge on any atom is -0.365 e. The van der Waals surface area contributed by atoms with E-state index in [-0.39, 0.29) is 11.1 Å². The summed E-state index contributed by atoms with van der Waals surface area (Å²) in [6.07, 6.45) is 0. The monoisotopic (exact) mass is 216 g/mol. The van der Waals surface area contributed by atoms with Gasteiger partial charge >= 0.3 is 0 Å². The molecular weight excluding hydrogens is 204 g/mol. The second kappa shape index (κ2) is 3.48. The molecule has 0 saturated carbocycles. The van der Waals surface area contributed by atoms with Crippen LogP contribution in [0.15, 0.2) is 29.1 Å². The molecule has 16 heavy (non-hydrogen) atoms. The third-order valence-corrected chi connectivity index (χ3v) is 2.75. The van der Waals surface area contributed by atoms with Gasteiger partial charge in [0.2, 0.25) is 0 Å². The molecule has 0 bridgehead atoms. The summed E-state index contributed by atoms with van der Waals surface area (Å²) >= 11 is 0. The van der Waals surface area contributed by atoms with Gasteiger partial charge in [-0.05, 0) is 24.6 Å². The number of nitrogens with zero attached hydrogens (tertiary/aromatic N) is 1. The molecule has 0 spiro atoms. The largest absolute Gasteiger partial charge is 0.365 e. The number of pyridine rings is 1. The van der Waals surface area contributed by atoms with E-state index in [2.05, 4.69) is 0 Å². The second-order valence-corrected chi connectivity index (χ2v) is 3.79. The summed E-state index contributed by atoms with van der Waals surface area (Å²) in [5.74, 6) is -0.689. The first-order chi connectivity index (χ1) is 7.52. The molecule has 0 saturated heterocycles. The van der Waals surface area contributed by atoms with Crippen LogP contribution in [0.1, 0.15) is 15.9 Å². The molecule has 2 N–H and O–H groups in total. The molecule has 0 aliphatic carbocycles. The van der Waals surface area contributed by atoms with Gasteiger partial charge in [-0.25, -0.2) is 0 Å². The van der Waals surface area contributed by atoms with Gasteiger partial charge < -0.3 is 10.3 Å². The van der Waals surface area contributed by atoms with Gasteiger partial charge in [0.05, 0.1) is 5.52 Å². The Balaban J connectivity index is 3.00. The fraction of sp³-hybridized carbons (Fsp3) is 0.167. The summed E-state index contributed by atoms with van der Waals surface area (Å²) in [5, 5.41) is 0.874. The number of primary amides is 1. The number of amides is 1. The van der Waals surface area contributed by atoms with Crippen LogP contribution in [0.4, 0.5) is 0 Å². The molecule has 2 rings (SSSR count). The van der Waals surface area contributed by atoms with Crippen molar-refractivity contribution in [3.63, 3.8) is 0 Å². The molecule has 0 radical (unpaired) electrons. The van der Waals surface area contributed by atoms with E-state index >= 15 is 0 Å². The summed E-state index contributed by atoms with van der Waals surface area (Å²) in [7, 11) is 1.64. The molecular formula is C12H12N2O2. The zero-order chi connectivity index (χ0) is 11.9. The Morgan fingerprint density at radius 1 is 1.38 bits per heavy atom. The summed E-state index contributed by atoms with van der Waals surface area (Å²) in [6, 6.07) is 7.21. The van der Waals surface area contributed by atoms with Gasteiger partial charge in [-0.1, -0.05) is 12.1 Å². The maximum absolute atomic E-state index is 11.8. The van der Waals surface area contributed by atoms with Crippen molar-refractivity contribution in [2.45, 2.75) is 6.92 Å². The lowest BCUT2D eigenvalue weighted by Gasteiger charge is -2.08. The van der Waals surface area contributed by atoms with Crippen LogP contribution in [-0.2, 0) is 7.05 Å². The molecule has 1 heterocycles. The van der Waals surface area contributed by atoms with E-state index in [1.807, 2.05) is 25.1 Å². The summed E-state index contributed by atoms with van der Waals surface area (Å²) in [6.45, 7) is 1.93. The molecule has 1 aromatic heterocycles. The zero-order valence-electron chi connectivity index (χ0n) is 9.15. The van der Waals surface area contributed by atoms with E-state index in [9.17, 15) is 9.59 Å². The molecule has 0 unspecified atom stereocenters. The molecule has 0 atom stereocenters. The Bertz CT molecular complexity index is 641. The Morgan fingerprint density at radius 2 is 2.06 bits per heavy atom. The van der Waals surface area contributed by atoms with Crippen molar-refractivity contribution < 1.29 is 4.79 Å². The van der Waals surface area contributed by atoms with Gasteiger partial charge in [0.25, 0.3) is 11.5 Å². The maximum atomic E-state index is 11.8. The number of benzene rings is 1. The van der Waals surface area contributed by atoms with E-state index in [1.165, 1.54) is 4.57 Å². The van der Waals surface area contributed by atoms with Crippen LogP contribution in [0.25, 0.3) is 10.9 Å². The van der Waals surface area contributed by atoms with Crippen molar-refractivity contribution in [1.29, 1.82) is 0 Å². The number of aromatic nitrogens is 1. The van der Waals surface area contributed by atoms with Crippen LogP contribution < -0.4 is 11.3 Å². The molecule has 82 valence electrons. The average molecular weight is 216 g/mol. The SMILES string of the molecule is Cc1cccc2c1cc(C(N)=O)c(=O)n2C. The zero-order valence-corrected chi connectivity index (χ0v) is 9.15. The van der Waals surface area contributed by atoms with Crippen molar-refractivity contribution in [2.24, 2.45) is 12.8 Å².